The first-order valence-corrected chi connectivity index (χ1v) is 7.88. The summed E-state index contributed by atoms with van der Waals surface area (Å²) in [7, 11) is 1.32. The molecule has 7 heteroatoms. The number of ether oxygens (including phenoxy) is 2. The van der Waals surface area contributed by atoms with Crippen molar-refractivity contribution in [3.63, 3.8) is 0 Å². The van der Waals surface area contributed by atoms with Crippen molar-refractivity contribution in [1.82, 2.24) is 4.98 Å². The second-order valence-corrected chi connectivity index (χ2v) is 5.97. The Hall–Kier alpha value is -2.41. The molecule has 0 saturated heterocycles. The van der Waals surface area contributed by atoms with E-state index in [9.17, 15) is 9.59 Å². The van der Waals surface area contributed by atoms with Gasteiger partial charge in [-0.3, -0.25) is 4.79 Å². The zero-order chi connectivity index (χ0) is 17.0. The number of rotatable bonds is 5. The van der Waals surface area contributed by atoms with Crippen LogP contribution >= 0.6 is 11.3 Å². The summed E-state index contributed by atoms with van der Waals surface area (Å²) >= 11 is 1.34. The number of nitrogens with one attached hydrogen (secondary N) is 1. The zero-order valence-corrected chi connectivity index (χ0v) is 14.2. The molecule has 1 N–H and O–H groups in total. The number of methoxy groups -OCH3 is 1. The molecule has 0 aliphatic heterocycles. The Bertz CT molecular complexity index is 740. The lowest BCUT2D eigenvalue weighted by molar-refractivity contribution is 0.0601. The molecule has 0 aliphatic carbocycles. The first kappa shape index (κ1) is 17.0. The van der Waals surface area contributed by atoms with Crippen molar-refractivity contribution in [1.29, 1.82) is 0 Å². The van der Waals surface area contributed by atoms with Crippen molar-refractivity contribution in [2.75, 3.05) is 19.0 Å². The van der Waals surface area contributed by atoms with Crippen LogP contribution in [0.15, 0.2) is 18.3 Å². The quantitative estimate of drug-likeness (QED) is 0.850. The molecule has 23 heavy (non-hydrogen) atoms. The van der Waals surface area contributed by atoms with E-state index in [-0.39, 0.29) is 5.91 Å². The Balaban J connectivity index is 2.29. The van der Waals surface area contributed by atoms with Gasteiger partial charge in [0.25, 0.3) is 5.91 Å². The predicted molar refractivity (Wildman–Crippen MR) is 88.5 cm³/mol. The molecule has 2 aromatic heterocycles. The second kappa shape index (κ2) is 7.23. The third-order valence-corrected chi connectivity index (χ3v) is 4.41. The van der Waals surface area contributed by atoms with E-state index in [1.165, 1.54) is 24.6 Å². The molecule has 0 radical (unpaired) electrons. The first-order chi connectivity index (χ1) is 11.0. The number of nitrogens with zero attached hydrogens (tertiary/aromatic N) is 1. The molecule has 0 spiro atoms. The molecule has 1 amide bonds. The van der Waals surface area contributed by atoms with E-state index >= 15 is 0 Å². The maximum atomic E-state index is 12.4. The highest BCUT2D eigenvalue weighted by atomic mass is 32.1. The van der Waals surface area contributed by atoms with Gasteiger partial charge in [-0.1, -0.05) is 0 Å². The van der Waals surface area contributed by atoms with Gasteiger partial charge in [-0.15, -0.1) is 11.3 Å². The van der Waals surface area contributed by atoms with E-state index in [1.807, 2.05) is 20.8 Å². The topological polar surface area (TPSA) is 77.5 Å². The summed E-state index contributed by atoms with van der Waals surface area (Å²) < 4.78 is 10.1. The number of thiophene rings is 1. The highest BCUT2D eigenvalue weighted by Crippen LogP contribution is 2.33. The van der Waals surface area contributed by atoms with E-state index in [0.29, 0.717) is 28.6 Å². The van der Waals surface area contributed by atoms with Crippen LogP contribution in [0.25, 0.3) is 0 Å². The SMILES string of the molecule is CCOc1cc(C(=O)Nc2sc(C)c(C)c2C(=O)OC)ccn1. The van der Waals surface area contributed by atoms with Gasteiger partial charge < -0.3 is 14.8 Å². The van der Waals surface area contributed by atoms with Crippen LogP contribution in [-0.4, -0.2) is 30.6 Å². The highest BCUT2D eigenvalue weighted by molar-refractivity contribution is 7.16. The first-order valence-electron chi connectivity index (χ1n) is 7.06. The van der Waals surface area contributed by atoms with Crippen LogP contribution in [0, 0.1) is 13.8 Å². The van der Waals surface area contributed by atoms with Crippen molar-refractivity contribution in [3.8, 4) is 5.88 Å². The Kier molecular flexibility index (Phi) is 5.33. The minimum atomic E-state index is -0.466. The summed E-state index contributed by atoms with van der Waals surface area (Å²) in [5.74, 6) is -0.418. The number of hydrogen-bond acceptors (Lipinski definition) is 6. The number of aryl methyl sites for hydroxylation is 1. The smallest absolute Gasteiger partial charge is 0.341 e. The van der Waals surface area contributed by atoms with Gasteiger partial charge >= 0.3 is 5.97 Å². The van der Waals surface area contributed by atoms with Gasteiger partial charge in [0.15, 0.2) is 0 Å². The fourth-order valence-corrected chi connectivity index (χ4v) is 3.06. The number of aromatic nitrogens is 1. The van der Waals surface area contributed by atoms with Crippen molar-refractivity contribution in [2.24, 2.45) is 0 Å². The fourth-order valence-electron chi connectivity index (χ4n) is 2.02. The highest BCUT2D eigenvalue weighted by Gasteiger charge is 2.22. The van der Waals surface area contributed by atoms with Crippen LogP contribution in [0.3, 0.4) is 0 Å². The van der Waals surface area contributed by atoms with Crippen LogP contribution in [0.4, 0.5) is 5.00 Å². The Morgan fingerprint density at radius 2 is 2.09 bits per heavy atom. The number of carbonyl (C=O) groups is 2. The Morgan fingerprint density at radius 1 is 1.35 bits per heavy atom. The van der Waals surface area contributed by atoms with Gasteiger partial charge in [-0.2, -0.15) is 0 Å². The number of anilines is 1. The lowest BCUT2D eigenvalue weighted by atomic mass is 10.1. The molecule has 6 nitrogen and oxygen atoms in total. The van der Waals surface area contributed by atoms with E-state index in [4.69, 9.17) is 9.47 Å². The Labute approximate surface area is 138 Å². The molecule has 0 saturated carbocycles. The zero-order valence-electron chi connectivity index (χ0n) is 13.4. The second-order valence-electron chi connectivity index (χ2n) is 4.75. The average Bonchev–Trinajstić information content (AvgIpc) is 2.81. The minimum absolute atomic E-state index is 0.334. The van der Waals surface area contributed by atoms with E-state index in [0.717, 1.165) is 10.4 Å². The van der Waals surface area contributed by atoms with Crippen LogP contribution < -0.4 is 10.1 Å². The normalized spacial score (nSPS) is 10.3. The monoisotopic (exact) mass is 334 g/mol. The largest absolute Gasteiger partial charge is 0.478 e. The molecule has 122 valence electrons. The molecule has 0 aliphatic rings. The van der Waals surface area contributed by atoms with Crippen molar-refractivity contribution >= 4 is 28.2 Å². The average molecular weight is 334 g/mol. The van der Waals surface area contributed by atoms with Gasteiger partial charge in [0.1, 0.15) is 5.00 Å². The van der Waals surface area contributed by atoms with Gasteiger partial charge in [-0.25, -0.2) is 9.78 Å². The van der Waals surface area contributed by atoms with Crippen LogP contribution in [0.2, 0.25) is 0 Å². The van der Waals surface area contributed by atoms with Crippen LogP contribution in [0.1, 0.15) is 38.1 Å². The fraction of sp³-hybridized carbons (Fsp3) is 0.312. The molecule has 0 atom stereocenters. The van der Waals surface area contributed by atoms with Crippen molar-refractivity contribution < 1.29 is 19.1 Å². The number of esters is 1. The Morgan fingerprint density at radius 3 is 2.74 bits per heavy atom. The molecule has 0 unspecified atom stereocenters. The van der Waals surface area contributed by atoms with Crippen LogP contribution in [-0.2, 0) is 4.74 Å². The number of carbonyl (C=O) groups excluding carboxylic acids is 2. The van der Waals surface area contributed by atoms with E-state index in [2.05, 4.69) is 10.3 Å². The van der Waals surface area contributed by atoms with Gasteiger partial charge in [0.2, 0.25) is 5.88 Å². The maximum absolute atomic E-state index is 12.4. The standard InChI is InChI=1S/C16H18N2O4S/c1-5-22-12-8-11(6-7-17-12)14(19)18-15-13(16(20)21-4)9(2)10(3)23-15/h6-8H,5H2,1-4H3,(H,18,19). The number of amides is 1. The third kappa shape index (κ3) is 3.68. The third-order valence-electron chi connectivity index (χ3n) is 3.29. The molecule has 2 aromatic rings. The van der Waals surface area contributed by atoms with Gasteiger partial charge in [0, 0.05) is 22.7 Å². The summed E-state index contributed by atoms with van der Waals surface area (Å²) in [4.78, 5) is 29.3. The maximum Gasteiger partial charge on any atom is 0.341 e. The molecule has 2 heterocycles. The number of hydrogen-bond donors (Lipinski definition) is 1. The van der Waals surface area contributed by atoms with Crippen LogP contribution in [0.5, 0.6) is 5.88 Å². The van der Waals surface area contributed by atoms with Crippen molar-refractivity contribution in [2.45, 2.75) is 20.8 Å². The predicted octanol–water partition coefficient (Wildman–Crippen LogP) is 3.20. The minimum Gasteiger partial charge on any atom is -0.478 e. The molecule has 0 aromatic carbocycles. The molecular weight excluding hydrogens is 316 g/mol. The van der Waals surface area contributed by atoms with Gasteiger partial charge in [0.05, 0.1) is 19.3 Å². The lowest BCUT2D eigenvalue weighted by Crippen LogP contribution is -2.14. The molecule has 2 rings (SSSR count). The molecule has 0 fully saturated rings. The van der Waals surface area contributed by atoms with Crippen molar-refractivity contribution in [3.05, 3.63) is 39.9 Å². The summed E-state index contributed by atoms with van der Waals surface area (Å²) in [5.41, 5.74) is 1.60. The summed E-state index contributed by atoms with van der Waals surface area (Å²) in [6, 6.07) is 3.15. The number of pyridine rings is 1. The molecular formula is C16H18N2O4S. The van der Waals surface area contributed by atoms with E-state index < -0.39 is 5.97 Å². The summed E-state index contributed by atoms with van der Waals surface area (Å²) in [5, 5.41) is 3.25. The summed E-state index contributed by atoms with van der Waals surface area (Å²) in [6.07, 6.45) is 1.51. The molecule has 0 bridgehead atoms. The summed E-state index contributed by atoms with van der Waals surface area (Å²) in [6.45, 7) is 6.03. The lowest BCUT2D eigenvalue weighted by Gasteiger charge is -2.07. The van der Waals surface area contributed by atoms with E-state index in [1.54, 1.807) is 12.1 Å². The van der Waals surface area contributed by atoms with Gasteiger partial charge in [-0.05, 0) is 32.4 Å².